The number of allylic oxidation sites excluding steroid dienone is 1. The number of hydrogen-bond acceptors (Lipinski definition) is 0. The van der Waals surface area contributed by atoms with Crippen LogP contribution in [0.25, 0.3) is 6.08 Å². The normalized spacial score (nSPS) is 9.92. The SMILES string of the molecule is CC(C)=Cc1c(C)ccc(F)c1C. The van der Waals surface area contributed by atoms with Gasteiger partial charge in [0.2, 0.25) is 0 Å². The zero-order chi connectivity index (χ0) is 10.0. The molecular weight excluding hydrogens is 163 g/mol. The molecule has 1 rings (SSSR count). The zero-order valence-corrected chi connectivity index (χ0v) is 8.61. The maximum absolute atomic E-state index is 13.2. The fourth-order valence-corrected chi connectivity index (χ4v) is 1.35. The Labute approximate surface area is 79.1 Å². The summed E-state index contributed by atoms with van der Waals surface area (Å²) in [5.41, 5.74) is 4.07. The maximum Gasteiger partial charge on any atom is 0.126 e. The van der Waals surface area contributed by atoms with E-state index in [1.807, 2.05) is 39.8 Å². The summed E-state index contributed by atoms with van der Waals surface area (Å²) >= 11 is 0. The van der Waals surface area contributed by atoms with Crippen molar-refractivity contribution in [2.75, 3.05) is 0 Å². The van der Waals surface area contributed by atoms with Crippen molar-refractivity contribution in [1.82, 2.24) is 0 Å². The Morgan fingerprint density at radius 3 is 2.38 bits per heavy atom. The number of rotatable bonds is 1. The van der Waals surface area contributed by atoms with Gasteiger partial charge in [-0.25, -0.2) is 4.39 Å². The Balaban J connectivity index is 3.34. The van der Waals surface area contributed by atoms with Gasteiger partial charge in [-0.3, -0.25) is 0 Å². The molecule has 0 saturated heterocycles. The van der Waals surface area contributed by atoms with Crippen LogP contribution in [-0.2, 0) is 0 Å². The van der Waals surface area contributed by atoms with Crippen LogP contribution in [0.4, 0.5) is 4.39 Å². The van der Waals surface area contributed by atoms with Crippen molar-refractivity contribution in [3.05, 3.63) is 40.2 Å². The summed E-state index contributed by atoms with van der Waals surface area (Å²) in [4.78, 5) is 0. The summed E-state index contributed by atoms with van der Waals surface area (Å²) in [5.74, 6) is -0.127. The first-order valence-corrected chi connectivity index (χ1v) is 4.43. The summed E-state index contributed by atoms with van der Waals surface area (Å²) in [7, 11) is 0. The third-order valence-corrected chi connectivity index (χ3v) is 2.10. The second-order valence-corrected chi connectivity index (χ2v) is 3.62. The van der Waals surface area contributed by atoms with Crippen molar-refractivity contribution in [2.45, 2.75) is 27.7 Å². The Kier molecular flexibility index (Phi) is 2.86. The highest BCUT2D eigenvalue weighted by Crippen LogP contribution is 2.19. The van der Waals surface area contributed by atoms with Gasteiger partial charge < -0.3 is 0 Å². The molecule has 0 heterocycles. The first-order valence-electron chi connectivity index (χ1n) is 4.43. The Bertz CT molecular complexity index is 344. The minimum absolute atomic E-state index is 0.127. The molecule has 70 valence electrons. The number of aryl methyl sites for hydroxylation is 1. The van der Waals surface area contributed by atoms with Gasteiger partial charge in [-0.2, -0.15) is 0 Å². The molecule has 0 saturated carbocycles. The fraction of sp³-hybridized carbons (Fsp3) is 0.333. The first kappa shape index (κ1) is 9.97. The molecule has 0 amide bonds. The molecule has 0 aliphatic heterocycles. The van der Waals surface area contributed by atoms with E-state index in [1.54, 1.807) is 0 Å². The maximum atomic E-state index is 13.2. The van der Waals surface area contributed by atoms with E-state index in [-0.39, 0.29) is 5.82 Å². The van der Waals surface area contributed by atoms with E-state index in [2.05, 4.69) is 0 Å². The molecular formula is C12H15F. The van der Waals surface area contributed by atoms with E-state index >= 15 is 0 Å². The average Bonchev–Trinajstić information content (AvgIpc) is 2.05. The molecule has 0 N–H and O–H groups in total. The van der Waals surface area contributed by atoms with Crippen molar-refractivity contribution in [1.29, 1.82) is 0 Å². The van der Waals surface area contributed by atoms with Crippen LogP contribution in [0.3, 0.4) is 0 Å². The van der Waals surface area contributed by atoms with Crippen LogP contribution in [0.5, 0.6) is 0 Å². The predicted octanol–water partition coefficient (Wildman–Crippen LogP) is 3.87. The van der Waals surface area contributed by atoms with E-state index in [0.29, 0.717) is 0 Å². The second-order valence-electron chi connectivity index (χ2n) is 3.62. The van der Waals surface area contributed by atoms with E-state index < -0.39 is 0 Å². The Morgan fingerprint density at radius 1 is 1.23 bits per heavy atom. The van der Waals surface area contributed by atoms with E-state index in [4.69, 9.17) is 0 Å². The number of benzene rings is 1. The highest BCUT2D eigenvalue weighted by molar-refractivity contribution is 5.59. The van der Waals surface area contributed by atoms with E-state index in [0.717, 1.165) is 16.7 Å². The topological polar surface area (TPSA) is 0 Å². The molecule has 0 aliphatic carbocycles. The molecule has 0 radical (unpaired) electrons. The molecule has 1 aromatic carbocycles. The molecule has 0 fully saturated rings. The standard InChI is InChI=1S/C12H15F/c1-8(2)7-11-9(3)5-6-12(13)10(11)4/h5-7H,1-4H3. The number of halogens is 1. The smallest absolute Gasteiger partial charge is 0.126 e. The molecule has 0 bridgehead atoms. The fourth-order valence-electron chi connectivity index (χ4n) is 1.35. The third-order valence-electron chi connectivity index (χ3n) is 2.10. The van der Waals surface area contributed by atoms with Crippen molar-refractivity contribution in [2.24, 2.45) is 0 Å². The molecule has 0 aromatic heterocycles. The van der Waals surface area contributed by atoms with Gasteiger partial charge in [-0.15, -0.1) is 0 Å². The van der Waals surface area contributed by atoms with Gasteiger partial charge in [0.15, 0.2) is 0 Å². The first-order chi connectivity index (χ1) is 6.02. The lowest BCUT2D eigenvalue weighted by Gasteiger charge is -2.06. The van der Waals surface area contributed by atoms with Crippen LogP contribution in [0.2, 0.25) is 0 Å². The summed E-state index contributed by atoms with van der Waals surface area (Å²) in [6.07, 6.45) is 2.02. The highest BCUT2D eigenvalue weighted by Gasteiger charge is 2.04. The summed E-state index contributed by atoms with van der Waals surface area (Å²) < 4.78 is 13.2. The van der Waals surface area contributed by atoms with Gasteiger partial charge in [0.25, 0.3) is 0 Å². The molecule has 0 aliphatic rings. The lowest BCUT2D eigenvalue weighted by molar-refractivity contribution is 0.617. The van der Waals surface area contributed by atoms with Gasteiger partial charge in [0, 0.05) is 0 Å². The third kappa shape index (κ3) is 2.18. The molecule has 0 nitrogen and oxygen atoms in total. The lowest BCUT2D eigenvalue weighted by Crippen LogP contribution is -1.91. The molecule has 0 spiro atoms. The van der Waals surface area contributed by atoms with E-state index in [1.165, 1.54) is 11.6 Å². The molecule has 1 aromatic rings. The van der Waals surface area contributed by atoms with Crippen LogP contribution < -0.4 is 0 Å². The molecule has 13 heavy (non-hydrogen) atoms. The summed E-state index contributed by atoms with van der Waals surface area (Å²) in [6, 6.07) is 3.34. The Morgan fingerprint density at radius 2 is 1.85 bits per heavy atom. The minimum Gasteiger partial charge on any atom is -0.207 e. The van der Waals surface area contributed by atoms with Crippen molar-refractivity contribution < 1.29 is 4.39 Å². The minimum atomic E-state index is -0.127. The van der Waals surface area contributed by atoms with Gasteiger partial charge in [-0.05, 0) is 50.5 Å². The summed E-state index contributed by atoms with van der Waals surface area (Å²) in [5, 5.41) is 0. The average molecular weight is 178 g/mol. The Hall–Kier alpha value is -1.11. The van der Waals surface area contributed by atoms with Crippen LogP contribution in [0.1, 0.15) is 30.5 Å². The van der Waals surface area contributed by atoms with E-state index in [9.17, 15) is 4.39 Å². The molecule has 1 heteroatoms. The van der Waals surface area contributed by atoms with Gasteiger partial charge in [0.1, 0.15) is 5.82 Å². The number of hydrogen-bond donors (Lipinski definition) is 0. The van der Waals surface area contributed by atoms with Crippen molar-refractivity contribution in [3.63, 3.8) is 0 Å². The lowest BCUT2D eigenvalue weighted by atomic mass is 10.0. The van der Waals surface area contributed by atoms with Crippen molar-refractivity contribution in [3.8, 4) is 0 Å². The predicted molar refractivity (Wildman–Crippen MR) is 55.2 cm³/mol. The van der Waals surface area contributed by atoms with Gasteiger partial charge >= 0.3 is 0 Å². The monoisotopic (exact) mass is 178 g/mol. The highest BCUT2D eigenvalue weighted by atomic mass is 19.1. The zero-order valence-electron chi connectivity index (χ0n) is 8.61. The molecule has 0 atom stereocenters. The van der Waals surface area contributed by atoms with Crippen LogP contribution in [-0.4, -0.2) is 0 Å². The van der Waals surface area contributed by atoms with Crippen LogP contribution >= 0.6 is 0 Å². The second kappa shape index (κ2) is 3.73. The quantitative estimate of drug-likeness (QED) is 0.612. The van der Waals surface area contributed by atoms with Crippen LogP contribution in [0.15, 0.2) is 17.7 Å². The van der Waals surface area contributed by atoms with Gasteiger partial charge in [-0.1, -0.05) is 17.7 Å². The summed E-state index contributed by atoms with van der Waals surface area (Å²) in [6.45, 7) is 7.85. The van der Waals surface area contributed by atoms with Crippen LogP contribution in [0, 0.1) is 19.7 Å². The molecule has 0 unspecified atom stereocenters. The van der Waals surface area contributed by atoms with Crippen molar-refractivity contribution >= 4 is 6.08 Å². The largest absolute Gasteiger partial charge is 0.207 e. The van der Waals surface area contributed by atoms with Gasteiger partial charge in [0.05, 0.1) is 0 Å².